The highest BCUT2D eigenvalue weighted by Crippen LogP contribution is 2.01. The standard InChI is InChI=1S/C14H20N2O3/c1-2-9-16-13(17)7-5-8-14(18)19-11-12-6-3-4-10-15-12/h3-4,6,10H,2,5,7-9,11H2,1H3,(H,16,17). The Balaban J connectivity index is 2.10. The van der Waals surface area contributed by atoms with Gasteiger partial charge in [0, 0.05) is 25.6 Å². The molecule has 0 spiro atoms. The number of nitrogens with one attached hydrogen (secondary N) is 1. The van der Waals surface area contributed by atoms with Crippen molar-refractivity contribution in [2.24, 2.45) is 0 Å². The molecule has 0 saturated carbocycles. The van der Waals surface area contributed by atoms with Gasteiger partial charge in [0.15, 0.2) is 0 Å². The summed E-state index contributed by atoms with van der Waals surface area (Å²) in [5, 5.41) is 2.76. The molecular weight excluding hydrogens is 244 g/mol. The van der Waals surface area contributed by atoms with Crippen molar-refractivity contribution in [3.05, 3.63) is 30.1 Å². The maximum absolute atomic E-state index is 11.4. The molecule has 1 rings (SSSR count). The number of aromatic nitrogens is 1. The zero-order valence-electron chi connectivity index (χ0n) is 11.2. The van der Waals surface area contributed by atoms with Gasteiger partial charge in [0.05, 0.1) is 5.69 Å². The third kappa shape index (κ3) is 7.18. The minimum absolute atomic E-state index is 0.0145. The molecule has 0 radical (unpaired) electrons. The van der Waals surface area contributed by atoms with Crippen LogP contribution in [0.2, 0.25) is 0 Å². The van der Waals surface area contributed by atoms with Crippen LogP contribution in [0.4, 0.5) is 0 Å². The first kappa shape index (κ1) is 15.1. The summed E-state index contributed by atoms with van der Waals surface area (Å²) in [4.78, 5) is 26.8. The number of hydrogen-bond acceptors (Lipinski definition) is 4. The lowest BCUT2D eigenvalue weighted by molar-refractivity contribution is -0.145. The third-order valence-electron chi connectivity index (χ3n) is 2.46. The zero-order chi connectivity index (χ0) is 13.9. The molecule has 0 saturated heterocycles. The van der Waals surface area contributed by atoms with Crippen molar-refractivity contribution >= 4 is 11.9 Å². The first-order valence-electron chi connectivity index (χ1n) is 6.54. The number of carbonyl (C=O) groups excluding carboxylic acids is 2. The van der Waals surface area contributed by atoms with Gasteiger partial charge < -0.3 is 10.1 Å². The predicted octanol–water partition coefficient (Wildman–Crippen LogP) is 1.82. The molecule has 0 aliphatic heterocycles. The van der Waals surface area contributed by atoms with Gasteiger partial charge in [0.2, 0.25) is 5.91 Å². The molecule has 19 heavy (non-hydrogen) atoms. The van der Waals surface area contributed by atoms with Gasteiger partial charge in [-0.3, -0.25) is 14.6 Å². The summed E-state index contributed by atoms with van der Waals surface area (Å²) in [6, 6.07) is 5.44. The van der Waals surface area contributed by atoms with E-state index in [1.807, 2.05) is 13.0 Å². The van der Waals surface area contributed by atoms with E-state index in [1.54, 1.807) is 18.3 Å². The largest absolute Gasteiger partial charge is 0.459 e. The number of carbonyl (C=O) groups is 2. The minimum Gasteiger partial charge on any atom is -0.459 e. The zero-order valence-corrected chi connectivity index (χ0v) is 11.2. The maximum Gasteiger partial charge on any atom is 0.306 e. The van der Waals surface area contributed by atoms with Gasteiger partial charge in [-0.05, 0) is 25.0 Å². The Morgan fingerprint density at radius 1 is 1.32 bits per heavy atom. The molecule has 0 aromatic carbocycles. The fraction of sp³-hybridized carbons (Fsp3) is 0.500. The molecule has 1 N–H and O–H groups in total. The molecule has 1 amide bonds. The summed E-state index contributed by atoms with van der Waals surface area (Å²) in [6.45, 7) is 2.86. The van der Waals surface area contributed by atoms with Crippen molar-refractivity contribution < 1.29 is 14.3 Å². The van der Waals surface area contributed by atoms with Crippen LogP contribution in [-0.4, -0.2) is 23.4 Å². The molecule has 1 aromatic rings. The van der Waals surface area contributed by atoms with Crippen LogP contribution in [0.3, 0.4) is 0 Å². The highest BCUT2D eigenvalue weighted by molar-refractivity contribution is 5.76. The summed E-state index contributed by atoms with van der Waals surface area (Å²) in [7, 11) is 0. The minimum atomic E-state index is -0.297. The van der Waals surface area contributed by atoms with E-state index < -0.39 is 0 Å². The second kappa shape index (κ2) is 9.08. The van der Waals surface area contributed by atoms with Crippen LogP contribution >= 0.6 is 0 Å². The van der Waals surface area contributed by atoms with Crippen LogP contribution in [-0.2, 0) is 20.9 Å². The second-order valence-electron chi connectivity index (χ2n) is 4.19. The Morgan fingerprint density at radius 3 is 2.84 bits per heavy atom. The number of hydrogen-bond donors (Lipinski definition) is 1. The summed E-state index contributed by atoms with van der Waals surface area (Å²) >= 11 is 0. The van der Waals surface area contributed by atoms with Crippen LogP contribution in [0.15, 0.2) is 24.4 Å². The van der Waals surface area contributed by atoms with Gasteiger partial charge in [-0.2, -0.15) is 0 Å². The Kier molecular flexibility index (Phi) is 7.24. The molecule has 0 aliphatic rings. The van der Waals surface area contributed by atoms with Crippen LogP contribution in [0.1, 0.15) is 38.3 Å². The molecule has 1 aromatic heterocycles. The lowest BCUT2D eigenvalue weighted by Crippen LogP contribution is -2.23. The molecule has 0 atom stereocenters. The monoisotopic (exact) mass is 264 g/mol. The number of ether oxygens (including phenoxy) is 1. The molecule has 1 heterocycles. The molecule has 5 nitrogen and oxygen atoms in total. The Morgan fingerprint density at radius 2 is 2.16 bits per heavy atom. The van der Waals surface area contributed by atoms with Crippen molar-refractivity contribution in [1.29, 1.82) is 0 Å². The van der Waals surface area contributed by atoms with Crippen LogP contribution in [0.25, 0.3) is 0 Å². The van der Waals surface area contributed by atoms with Crippen molar-refractivity contribution in [1.82, 2.24) is 10.3 Å². The average molecular weight is 264 g/mol. The number of esters is 1. The lowest BCUT2D eigenvalue weighted by Gasteiger charge is -2.05. The first-order chi connectivity index (χ1) is 9.22. The molecular formula is C14H20N2O3. The van der Waals surface area contributed by atoms with E-state index in [2.05, 4.69) is 10.3 Å². The highest BCUT2D eigenvalue weighted by atomic mass is 16.5. The molecule has 0 fully saturated rings. The first-order valence-corrected chi connectivity index (χ1v) is 6.54. The van der Waals surface area contributed by atoms with Crippen molar-refractivity contribution in [3.63, 3.8) is 0 Å². The quantitative estimate of drug-likeness (QED) is 0.727. The summed E-state index contributed by atoms with van der Waals surface area (Å²) < 4.78 is 5.06. The summed E-state index contributed by atoms with van der Waals surface area (Å²) in [6.07, 6.45) is 3.70. The SMILES string of the molecule is CCCNC(=O)CCCC(=O)OCc1ccccn1. The van der Waals surface area contributed by atoms with Gasteiger partial charge in [-0.1, -0.05) is 13.0 Å². The van der Waals surface area contributed by atoms with Gasteiger partial charge >= 0.3 is 5.97 Å². The van der Waals surface area contributed by atoms with E-state index >= 15 is 0 Å². The Bertz CT molecular complexity index is 393. The van der Waals surface area contributed by atoms with Crippen molar-refractivity contribution in [2.45, 2.75) is 39.2 Å². The lowest BCUT2D eigenvalue weighted by atomic mass is 10.2. The molecule has 0 bridgehead atoms. The van der Waals surface area contributed by atoms with E-state index in [1.165, 1.54) is 0 Å². The van der Waals surface area contributed by atoms with Gasteiger partial charge in [0.1, 0.15) is 6.61 Å². The maximum atomic E-state index is 11.4. The Labute approximate surface area is 113 Å². The third-order valence-corrected chi connectivity index (χ3v) is 2.46. The Hall–Kier alpha value is -1.91. The van der Waals surface area contributed by atoms with E-state index in [-0.39, 0.29) is 24.9 Å². The van der Waals surface area contributed by atoms with Crippen molar-refractivity contribution in [3.8, 4) is 0 Å². The summed E-state index contributed by atoms with van der Waals surface area (Å²) in [5.41, 5.74) is 0.719. The van der Waals surface area contributed by atoms with E-state index in [0.29, 0.717) is 19.4 Å². The second-order valence-corrected chi connectivity index (χ2v) is 4.19. The molecule has 5 heteroatoms. The topological polar surface area (TPSA) is 68.3 Å². The van der Waals surface area contributed by atoms with Crippen LogP contribution in [0.5, 0.6) is 0 Å². The normalized spacial score (nSPS) is 9.95. The van der Waals surface area contributed by atoms with Gasteiger partial charge in [0.25, 0.3) is 0 Å². The number of rotatable bonds is 8. The number of nitrogens with zero attached hydrogens (tertiary/aromatic N) is 1. The van der Waals surface area contributed by atoms with Crippen LogP contribution in [0, 0.1) is 0 Å². The number of amides is 1. The van der Waals surface area contributed by atoms with Gasteiger partial charge in [-0.15, -0.1) is 0 Å². The van der Waals surface area contributed by atoms with E-state index in [4.69, 9.17) is 4.74 Å². The smallest absolute Gasteiger partial charge is 0.306 e. The van der Waals surface area contributed by atoms with Crippen molar-refractivity contribution in [2.75, 3.05) is 6.54 Å². The average Bonchev–Trinajstić information content (AvgIpc) is 2.44. The molecule has 104 valence electrons. The highest BCUT2D eigenvalue weighted by Gasteiger charge is 2.06. The summed E-state index contributed by atoms with van der Waals surface area (Å²) in [5.74, 6) is -0.312. The molecule has 0 aliphatic carbocycles. The molecule has 0 unspecified atom stereocenters. The van der Waals surface area contributed by atoms with Gasteiger partial charge in [-0.25, -0.2) is 0 Å². The van der Waals surface area contributed by atoms with E-state index in [9.17, 15) is 9.59 Å². The predicted molar refractivity (Wildman–Crippen MR) is 71.2 cm³/mol. The fourth-order valence-corrected chi connectivity index (χ4v) is 1.46. The van der Waals surface area contributed by atoms with Crippen LogP contribution < -0.4 is 5.32 Å². The fourth-order valence-electron chi connectivity index (χ4n) is 1.46. The number of pyridine rings is 1. The van der Waals surface area contributed by atoms with E-state index in [0.717, 1.165) is 12.1 Å².